The minimum absolute atomic E-state index is 0.0624. The number of rotatable bonds is 12. The van der Waals surface area contributed by atoms with Crippen molar-refractivity contribution in [2.75, 3.05) is 7.11 Å². The Kier molecular flexibility index (Phi) is 14.2. The highest BCUT2D eigenvalue weighted by Crippen LogP contribution is 2.50. The quantitative estimate of drug-likeness (QED) is 0.0740. The van der Waals surface area contributed by atoms with Crippen LogP contribution in [-0.2, 0) is 10.3 Å². The molecule has 0 amide bonds. The normalized spacial score (nSPS) is 12.3. The topological polar surface area (TPSA) is 101 Å². The number of nitrogens with zero attached hydrogens (tertiary/aromatic N) is 4. The smallest absolute Gasteiger partial charge is 0.430 e. The standard InChI is InChI=1S/C27H22F6N2O2.C26H24N2O3/c1-17(2)37-22-12-10-21(11-13-22)35-16-34-23-15-19(7-14-24(23)35)4-3-18-5-8-20(9-6-18)25(36,26(28,29)30)27(31,32)33;1-18(2)31-23-13-11-22(12-14-23)28-17-27-24-16-20(8-15-25(24)28)5-4-19-6-9-21(10-7-19)26(29)30-3/h3-17,36H,1-2H3;4-18H,1-3H3/b4-3-;5-4-. The van der Waals surface area contributed by atoms with E-state index in [4.69, 9.17) is 14.2 Å². The van der Waals surface area contributed by atoms with Crippen molar-refractivity contribution in [1.82, 2.24) is 19.1 Å². The first-order valence-corrected chi connectivity index (χ1v) is 21.3. The molecule has 0 fully saturated rings. The minimum atomic E-state index is -5.93. The maximum atomic E-state index is 13.1. The second kappa shape index (κ2) is 20.1. The molecular formula is C53H46F6N4O5. The van der Waals surface area contributed by atoms with Crippen molar-refractivity contribution in [2.45, 2.75) is 57.9 Å². The first kappa shape index (κ1) is 48.3. The number of alkyl halides is 6. The van der Waals surface area contributed by atoms with Gasteiger partial charge in [0.05, 0.1) is 46.9 Å². The van der Waals surface area contributed by atoms with Crippen LogP contribution in [0.5, 0.6) is 11.5 Å². The summed E-state index contributed by atoms with van der Waals surface area (Å²) in [6.45, 7) is 7.92. The van der Waals surface area contributed by atoms with E-state index in [1.807, 2.05) is 124 Å². The number of fused-ring (bicyclic) bond motifs is 2. The van der Waals surface area contributed by atoms with Crippen molar-refractivity contribution in [3.8, 4) is 22.9 Å². The molecule has 8 aromatic rings. The van der Waals surface area contributed by atoms with Crippen LogP contribution >= 0.6 is 0 Å². The van der Waals surface area contributed by atoms with Crippen LogP contribution in [0.3, 0.4) is 0 Å². The number of hydrogen-bond acceptors (Lipinski definition) is 7. The van der Waals surface area contributed by atoms with E-state index in [2.05, 4.69) is 32.7 Å². The average molecular weight is 933 g/mol. The molecule has 0 saturated carbocycles. The zero-order valence-electron chi connectivity index (χ0n) is 37.5. The predicted molar refractivity (Wildman–Crippen MR) is 252 cm³/mol. The van der Waals surface area contributed by atoms with E-state index in [0.29, 0.717) is 28.8 Å². The Balaban J connectivity index is 0.000000204. The van der Waals surface area contributed by atoms with Gasteiger partial charge >= 0.3 is 18.3 Å². The minimum Gasteiger partial charge on any atom is -0.491 e. The Bertz CT molecular complexity index is 3030. The average Bonchev–Trinajstić information content (AvgIpc) is 3.94. The lowest BCUT2D eigenvalue weighted by atomic mass is 9.91. The Morgan fingerprint density at radius 1 is 0.544 bits per heavy atom. The third-order valence-corrected chi connectivity index (χ3v) is 10.5. The van der Waals surface area contributed by atoms with Gasteiger partial charge in [0.1, 0.15) is 24.2 Å². The van der Waals surface area contributed by atoms with Gasteiger partial charge < -0.3 is 19.3 Å². The molecular weight excluding hydrogens is 887 g/mol. The Morgan fingerprint density at radius 3 is 1.28 bits per heavy atom. The fraction of sp³-hybridized carbons (Fsp3) is 0.189. The van der Waals surface area contributed by atoms with Gasteiger partial charge in [0.2, 0.25) is 0 Å². The summed E-state index contributed by atoms with van der Waals surface area (Å²) in [7, 11) is 1.38. The highest BCUT2D eigenvalue weighted by Gasteiger charge is 2.71. The number of esters is 1. The summed E-state index contributed by atoms with van der Waals surface area (Å²) < 4.78 is 98.4. The summed E-state index contributed by atoms with van der Waals surface area (Å²) >= 11 is 0. The first-order chi connectivity index (χ1) is 32.3. The molecule has 2 heterocycles. The van der Waals surface area contributed by atoms with E-state index in [1.165, 1.54) is 13.2 Å². The summed E-state index contributed by atoms with van der Waals surface area (Å²) in [5.74, 6) is 1.28. The second-order valence-electron chi connectivity index (χ2n) is 16.2. The Hall–Kier alpha value is -7.65. The Labute approximate surface area is 388 Å². The molecule has 0 radical (unpaired) electrons. The number of benzene rings is 6. The van der Waals surface area contributed by atoms with Crippen molar-refractivity contribution < 1.29 is 50.5 Å². The van der Waals surface area contributed by atoms with E-state index in [0.717, 1.165) is 68.2 Å². The molecule has 68 heavy (non-hydrogen) atoms. The number of ether oxygens (including phenoxy) is 3. The van der Waals surface area contributed by atoms with Gasteiger partial charge in [-0.1, -0.05) is 72.8 Å². The molecule has 0 aliphatic rings. The number of halogens is 6. The molecule has 2 aromatic heterocycles. The number of carbonyl (C=O) groups excluding carboxylic acids is 1. The molecule has 0 bridgehead atoms. The predicted octanol–water partition coefficient (Wildman–Crippen LogP) is 13.1. The molecule has 0 spiro atoms. The van der Waals surface area contributed by atoms with Gasteiger partial charge in [0, 0.05) is 16.9 Å². The summed E-state index contributed by atoms with van der Waals surface area (Å²) in [5.41, 5.74) is 2.84. The molecule has 9 nitrogen and oxygen atoms in total. The lowest BCUT2D eigenvalue weighted by Crippen LogP contribution is -2.53. The van der Waals surface area contributed by atoms with Gasteiger partial charge in [-0.3, -0.25) is 9.13 Å². The number of methoxy groups -OCH3 is 1. The molecule has 8 rings (SSSR count). The molecule has 0 aliphatic carbocycles. The maximum absolute atomic E-state index is 13.1. The van der Waals surface area contributed by atoms with Gasteiger partial charge in [-0.05, 0) is 135 Å². The zero-order chi connectivity index (χ0) is 48.8. The van der Waals surface area contributed by atoms with Crippen molar-refractivity contribution in [3.05, 3.63) is 179 Å². The van der Waals surface area contributed by atoms with Gasteiger partial charge in [0.15, 0.2) is 0 Å². The molecule has 0 unspecified atom stereocenters. The number of imidazole rings is 2. The molecule has 15 heteroatoms. The number of aliphatic hydroxyl groups is 1. The van der Waals surface area contributed by atoms with Gasteiger partial charge in [-0.2, -0.15) is 26.3 Å². The largest absolute Gasteiger partial charge is 0.491 e. The fourth-order valence-electron chi connectivity index (χ4n) is 7.15. The maximum Gasteiger partial charge on any atom is 0.430 e. The summed E-state index contributed by atoms with van der Waals surface area (Å²) in [5, 5.41) is 9.50. The summed E-state index contributed by atoms with van der Waals surface area (Å²) in [6.07, 6.45) is -0.891. The third-order valence-electron chi connectivity index (χ3n) is 10.5. The number of aromatic nitrogens is 4. The van der Waals surface area contributed by atoms with Crippen LogP contribution in [0.2, 0.25) is 0 Å². The molecule has 6 aromatic carbocycles. The monoisotopic (exact) mass is 932 g/mol. The van der Waals surface area contributed by atoms with E-state index in [9.17, 15) is 36.2 Å². The van der Waals surface area contributed by atoms with Crippen LogP contribution in [0, 0.1) is 0 Å². The third kappa shape index (κ3) is 11.0. The lowest BCUT2D eigenvalue weighted by Gasteiger charge is -2.32. The van der Waals surface area contributed by atoms with Crippen molar-refractivity contribution >= 4 is 52.3 Å². The van der Waals surface area contributed by atoms with Crippen LogP contribution in [0.1, 0.15) is 65.9 Å². The van der Waals surface area contributed by atoms with Crippen molar-refractivity contribution in [2.24, 2.45) is 0 Å². The number of hydrogen-bond donors (Lipinski definition) is 1. The second-order valence-corrected chi connectivity index (χ2v) is 16.2. The van der Waals surface area contributed by atoms with Crippen molar-refractivity contribution in [3.63, 3.8) is 0 Å². The molecule has 1 N–H and O–H groups in total. The van der Waals surface area contributed by atoms with E-state index in [-0.39, 0.29) is 18.2 Å². The zero-order valence-corrected chi connectivity index (χ0v) is 37.5. The van der Waals surface area contributed by atoms with Crippen LogP contribution in [0.4, 0.5) is 26.3 Å². The Morgan fingerprint density at radius 2 is 0.912 bits per heavy atom. The van der Waals surface area contributed by atoms with Gasteiger partial charge in [-0.15, -0.1) is 0 Å². The van der Waals surface area contributed by atoms with Crippen LogP contribution in [0.15, 0.2) is 146 Å². The molecule has 350 valence electrons. The lowest BCUT2D eigenvalue weighted by molar-refractivity contribution is -0.376. The summed E-state index contributed by atoms with van der Waals surface area (Å²) in [6, 6.07) is 37.9. The van der Waals surface area contributed by atoms with Gasteiger partial charge in [0.25, 0.3) is 5.60 Å². The van der Waals surface area contributed by atoms with Crippen molar-refractivity contribution in [1.29, 1.82) is 0 Å². The highest BCUT2D eigenvalue weighted by atomic mass is 19.4. The highest BCUT2D eigenvalue weighted by molar-refractivity contribution is 5.90. The fourth-order valence-corrected chi connectivity index (χ4v) is 7.15. The molecule has 0 aliphatic heterocycles. The van der Waals surface area contributed by atoms with Crippen LogP contribution < -0.4 is 9.47 Å². The SMILES string of the molecule is CC(C)Oc1ccc(-n2cnc3cc(/C=C\c4ccc(C(O)(C(F)(F)F)C(F)(F)F)cc4)ccc32)cc1.COC(=O)c1ccc(/C=C\c2ccc3c(c2)ncn3-c2ccc(OC(C)C)cc2)cc1. The first-order valence-electron chi connectivity index (χ1n) is 21.3. The molecule has 0 saturated heterocycles. The number of carbonyl (C=O) groups is 1. The molecule has 0 atom stereocenters. The van der Waals surface area contributed by atoms with E-state index in [1.54, 1.807) is 30.6 Å². The summed E-state index contributed by atoms with van der Waals surface area (Å²) in [4.78, 5) is 20.5. The van der Waals surface area contributed by atoms with Gasteiger partial charge in [-0.25, -0.2) is 14.8 Å². The van der Waals surface area contributed by atoms with E-state index >= 15 is 0 Å². The van der Waals surface area contributed by atoms with Crippen LogP contribution in [0.25, 0.3) is 57.7 Å². The van der Waals surface area contributed by atoms with E-state index < -0.39 is 23.5 Å². The van der Waals surface area contributed by atoms with Crippen LogP contribution in [-0.4, -0.2) is 61.8 Å².